The molecule has 2 saturated carbocycles. The van der Waals surface area contributed by atoms with Gasteiger partial charge in [0, 0.05) is 68.6 Å². The van der Waals surface area contributed by atoms with Crippen LogP contribution in [0.3, 0.4) is 0 Å². The smallest absolute Gasteiger partial charge is 0.253 e. The van der Waals surface area contributed by atoms with Gasteiger partial charge < -0.3 is 25.8 Å². The monoisotopic (exact) mass is 830 g/mol. The molecule has 4 fully saturated rings. The number of amides is 5. The zero-order valence-corrected chi connectivity index (χ0v) is 36.2. The third-order valence-electron chi connectivity index (χ3n) is 13.5. The summed E-state index contributed by atoms with van der Waals surface area (Å²) in [6.07, 6.45) is 17.2. The highest BCUT2D eigenvalue weighted by molar-refractivity contribution is 5.97. The number of hydrogen-bond donors (Lipinski definition) is 3. The minimum absolute atomic E-state index is 0.0121. The first kappa shape index (κ1) is 44.1. The summed E-state index contributed by atoms with van der Waals surface area (Å²) in [5, 5.41) is 9.47. The number of unbranched alkanes of at least 4 members (excludes halogenated alkanes) is 11. The molecule has 2 heterocycles. The maximum atomic E-state index is 13.9. The van der Waals surface area contributed by atoms with Crippen LogP contribution >= 0.6 is 0 Å². The largest absolute Gasteiger partial charge is 0.356 e. The van der Waals surface area contributed by atoms with E-state index in [0.29, 0.717) is 25.2 Å². The summed E-state index contributed by atoms with van der Waals surface area (Å²) in [6, 6.07) is 27.5. The summed E-state index contributed by atoms with van der Waals surface area (Å²) < 4.78 is 0. The predicted molar refractivity (Wildman–Crippen MR) is 238 cm³/mol. The van der Waals surface area contributed by atoms with Gasteiger partial charge in [-0.05, 0) is 48.1 Å². The van der Waals surface area contributed by atoms with Gasteiger partial charge in [-0.3, -0.25) is 24.0 Å². The van der Waals surface area contributed by atoms with Crippen LogP contribution in [0.4, 0.5) is 0 Å². The molecular weight excluding hydrogens is 763 g/mol. The van der Waals surface area contributed by atoms with Crippen molar-refractivity contribution >= 4 is 29.5 Å². The quantitative estimate of drug-likeness (QED) is 0.0839. The Kier molecular flexibility index (Phi) is 15.7. The van der Waals surface area contributed by atoms with Crippen LogP contribution in [0.15, 0.2) is 84.9 Å². The molecule has 0 radical (unpaired) electrons. The van der Waals surface area contributed by atoms with Gasteiger partial charge in [-0.15, -0.1) is 0 Å². The molecule has 10 nitrogen and oxygen atoms in total. The molecule has 61 heavy (non-hydrogen) atoms. The Balaban J connectivity index is 0.860. The van der Waals surface area contributed by atoms with E-state index < -0.39 is 11.8 Å². The van der Waals surface area contributed by atoms with E-state index in [0.717, 1.165) is 31.2 Å². The molecule has 326 valence electrons. The van der Waals surface area contributed by atoms with Gasteiger partial charge in [0.1, 0.15) is 0 Å². The van der Waals surface area contributed by atoms with Gasteiger partial charge in [-0.25, -0.2) is 0 Å². The lowest BCUT2D eigenvalue weighted by molar-refractivity contribution is -0.133. The van der Waals surface area contributed by atoms with Gasteiger partial charge in [0.2, 0.25) is 23.6 Å². The van der Waals surface area contributed by atoms with Gasteiger partial charge in [-0.1, -0.05) is 150 Å². The number of nitrogens with one attached hydrogen (secondary N) is 3. The molecule has 4 aliphatic rings. The Morgan fingerprint density at radius 1 is 0.590 bits per heavy atom. The Bertz CT molecular complexity index is 1850. The molecule has 2 saturated heterocycles. The fourth-order valence-corrected chi connectivity index (χ4v) is 9.51. The Hall–Kier alpha value is -4.99. The van der Waals surface area contributed by atoms with Gasteiger partial charge in [0.05, 0.1) is 17.8 Å². The van der Waals surface area contributed by atoms with E-state index in [9.17, 15) is 24.0 Å². The molecule has 7 rings (SSSR count). The fourth-order valence-electron chi connectivity index (χ4n) is 9.51. The van der Waals surface area contributed by atoms with Gasteiger partial charge in [0.25, 0.3) is 5.91 Å². The first-order chi connectivity index (χ1) is 29.8. The van der Waals surface area contributed by atoms with E-state index in [1.165, 1.54) is 75.3 Å². The lowest BCUT2D eigenvalue weighted by atomic mass is 9.94. The lowest BCUT2D eigenvalue weighted by Crippen LogP contribution is -2.43. The minimum Gasteiger partial charge on any atom is -0.356 e. The van der Waals surface area contributed by atoms with E-state index in [-0.39, 0.29) is 78.9 Å². The molecule has 2 aliphatic carbocycles. The second-order valence-corrected chi connectivity index (χ2v) is 18.2. The highest BCUT2D eigenvalue weighted by Crippen LogP contribution is 2.42. The van der Waals surface area contributed by atoms with Gasteiger partial charge >= 0.3 is 0 Å². The first-order valence-corrected chi connectivity index (χ1v) is 23.4. The van der Waals surface area contributed by atoms with Crippen LogP contribution in [0, 0.1) is 17.8 Å². The summed E-state index contributed by atoms with van der Waals surface area (Å²) in [5.74, 6) is -1.87. The van der Waals surface area contributed by atoms with Crippen molar-refractivity contribution in [1.82, 2.24) is 25.8 Å². The third kappa shape index (κ3) is 12.3. The van der Waals surface area contributed by atoms with Crippen molar-refractivity contribution in [3.8, 4) is 0 Å². The van der Waals surface area contributed by atoms with E-state index in [1.54, 1.807) is 21.9 Å². The van der Waals surface area contributed by atoms with Crippen molar-refractivity contribution in [3.63, 3.8) is 0 Å². The number of rotatable bonds is 23. The normalized spacial score (nSPS) is 24.1. The zero-order chi connectivity index (χ0) is 42.6. The number of carbonyl (C=O) groups excluding carboxylic acids is 5. The zero-order valence-electron chi connectivity index (χ0n) is 36.2. The van der Waals surface area contributed by atoms with Crippen LogP contribution in [-0.2, 0) is 25.7 Å². The van der Waals surface area contributed by atoms with E-state index in [2.05, 4.69) is 47.1 Å². The molecule has 3 aromatic rings. The predicted octanol–water partition coefficient (Wildman–Crippen LogP) is 7.89. The molecule has 7 atom stereocenters. The first-order valence-electron chi connectivity index (χ1n) is 23.4. The number of likely N-dealkylation sites (tertiary alicyclic amines) is 2. The molecule has 5 amide bonds. The summed E-state index contributed by atoms with van der Waals surface area (Å²) in [4.78, 5) is 70.9. The van der Waals surface area contributed by atoms with E-state index in [1.807, 2.05) is 48.5 Å². The summed E-state index contributed by atoms with van der Waals surface area (Å²) in [5.41, 5.74) is 3.71. The van der Waals surface area contributed by atoms with Crippen molar-refractivity contribution in [2.75, 3.05) is 26.2 Å². The van der Waals surface area contributed by atoms with Crippen LogP contribution in [0.25, 0.3) is 0 Å². The molecule has 0 aromatic heterocycles. The third-order valence-corrected chi connectivity index (χ3v) is 13.5. The van der Waals surface area contributed by atoms with Gasteiger partial charge in [-0.2, -0.15) is 0 Å². The fraction of sp³-hybridized carbons (Fsp3) is 0.549. The van der Waals surface area contributed by atoms with Crippen LogP contribution in [-0.4, -0.2) is 77.6 Å². The van der Waals surface area contributed by atoms with Crippen molar-refractivity contribution in [1.29, 1.82) is 0 Å². The molecule has 0 bridgehead atoms. The molecule has 1 unspecified atom stereocenters. The molecule has 2 aliphatic heterocycles. The summed E-state index contributed by atoms with van der Waals surface area (Å²) in [7, 11) is 0. The Morgan fingerprint density at radius 3 is 1.59 bits per heavy atom. The maximum Gasteiger partial charge on any atom is 0.253 e. The van der Waals surface area contributed by atoms with E-state index in [4.69, 9.17) is 0 Å². The molecule has 3 aromatic carbocycles. The number of benzene rings is 3. The van der Waals surface area contributed by atoms with E-state index >= 15 is 0 Å². The highest BCUT2D eigenvalue weighted by atomic mass is 16.2. The Morgan fingerprint density at radius 2 is 1.08 bits per heavy atom. The van der Waals surface area contributed by atoms with Gasteiger partial charge in [0.15, 0.2) is 0 Å². The number of nitrogens with zero attached hydrogens (tertiary/aromatic N) is 2. The van der Waals surface area contributed by atoms with Crippen molar-refractivity contribution in [2.45, 2.75) is 134 Å². The minimum atomic E-state index is -0.662. The van der Waals surface area contributed by atoms with Crippen LogP contribution in [0.1, 0.15) is 142 Å². The SMILES string of the molecule is CCCCCCCCCCCCCCNC(=O)C1CC(=O)N(Cc2ccc(C(=O)N3C[C@@H](C(=O)N[C@H]4C[C@@H]4c4ccccc4)[C@H](C(=O)N[C@H]4C[C@@H]4c4ccccc4)C3)cc2)C1. The molecular formula is C51H67N5O5. The average molecular weight is 830 g/mol. The molecule has 3 N–H and O–H groups in total. The highest BCUT2D eigenvalue weighted by Gasteiger charge is 2.49. The van der Waals surface area contributed by atoms with Crippen LogP contribution < -0.4 is 16.0 Å². The topological polar surface area (TPSA) is 128 Å². The van der Waals surface area contributed by atoms with Crippen molar-refractivity contribution in [2.24, 2.45) is 17.8 Å². The number of hydrogen-bond acceptors (Lipinski definition) is 5. The second kappa shape index (κ2) is 21.7. The number of carbonyl (C=O) groups is 5. The van der Waals surface area contributed by atoms with Crippen LogP contribution in [0.5, 0.6) is 0 Å². The second-order valence-electron chi connectivity index (χ2n) is 18.2. The summed E-state index contributed by atoms with van der Waals surface area (Å²) >= 11 is 0. The standard InChI is InChI=1S/C51H67N5O5/c1-2-3-4-5-6-7-8-9-10-11-12-19-28-52-48(58)40-29-47(57)55(33-40)32-36-24-26-39(27-25-36)51(61)56-34-43(49(59)53-45-30-41(45)37-20-15-13-16-21-37)44(35-56)50(60)54-46-31-42(46)38-22-17-14-18-23-38/h13-18,20-27,40-46H,2-12,19,28-35H2,1H3,(H,52,58)(H,53,59)(H,54,60)/t40?,41-,42-,43-,44-,45+,46+/m1/s1. The van der Waals surface area contributed by atoms with Crippen LogP contribution in [0.2, 0.25) is 0 Å². The molecule has 0 spiro atoms. The lowest BCUT2D eigenvalue weighted by Gasteiger charge is -2.18. The van der Waals surface area contributed by atoms with Crippen molar-refractivity contribution in [3.05, 3.63) is 107 Å². The Labute approximate surface area is 363 Å². The molecule has 10 heteroatoms. The maximum absolute atomic E-state index is 13.9. The van der Waals surface area contributed by atoms with Crippen molar-refractivity contribution < 1.29 is 24.0 Å². The average Bonchev–Trinajstić information content (AvgIpc) is 4.15. The summed E-state index contributed by atoms with van der Waals surface area (Å²) in [6.45, 7) is 3.96.